The summed E-state index contributed by atoms with van der Waals surface area (Å²) in [5.41, 5.74) is 1.74. The lowest BCUT2D eigenvalue weighted by Gasteiger charge is -2.16. The number of carbonyl (C=O) groups is 1. The summed E-state index contributed by atoms with van der Waals surface area (Å²) in [5, 5.41) is 20.8. The number of sulfone groups is 1. The zero-order valence-corrected chi connectivity index (χ0v) is 18.0. The van der Waals surface area contributed by atoms with Crippen LogP contribution in [0, 0.1) is 0 Å². The fourth-order valence-electron chi connectivity index (χ4n) is 2.71. The van der Waals surface area contributed by atoms with Crippen LogP contribution in [-0.2, 0) is 20.0 Å². The van der Waals surface area contributed by atoms with Crippen LogP contribution in [0.2, 0.25) is 5.02 Å². The van der Waals surface area contributed by atoms with Gasteiger partial charge in [-0.2, -0.15) is 4.63 Å². The van der Waals surface area contributed by atoms with Gasteiger partial charge in [-0.25, -0.2) is 13.4 Å². The Morgan fingerprint density at radius 2 is 2.03 bits per heavy atom. The van der Waals surface area contributed by atoms with Gasteiger partial charge in [-0.05, 0) is 12.1 Å². The van der Waals surface area contributed by atoms with Gasteiger partial charge in [0.2, 0.25) is 5.91 Å². The van der Waals surface area contributed by atoms with Gasteiger partial charge in [0.1, 0.15) is 20.6 Å². The molecule has 1 amide bonds. The molecule has 0 spiro atoms. The van der Waals surface area contributed by atoms with E-state index in [9.17, 15) is 18.3 Å². The number of hydrogen-bond donors (Lipinski definition) is 3. The first-order chi connectivity index (χ1) is 13.3. The minimum atomic E-state index is -3.23. The molecule has 0 atom stereocenters. The van der Waals surface area contributed by atoms with E-state index >= 15 is 0 Å². The number of phenols is 1. The van der Waals surface area contributed by atoms with Crippen LogP contribution in [0.15, 0.2) is 18.2 Å². The number of amides is 1. The quantitative estimate of drug-likeness (QED) is 0.560. The average Bonchev–Trinajstić information content (AvgIpc) is 3.12. The van der Waals surface area contributed by atoms with Gasteiger partial charge in [-0.1, -0.05) is 32.4 Å². The number of nitrogens with zero attached hydrogens (tertiary/aromatic N) is 3. The van der Waals surface area contributed by atoms with Crippen LogP contribution in [0.4, 0.5) is 5.69 Å². The maximum absolute atomic E-state index is 11.9. The second-order valence-electron chi connectivity index (χ2n) is 7.88. The number of nitrogens with one attached hydrogen (secondary N) is 2. The number of benzene rings is 1. The van der Waals surface area contributed by atoms with Crippen LogP contribution in [0.5, 0.6) is 5.75 Å². The molecule has 1 aromatic carbocycles. The number of halogens is 1. The molecule has 3 aromatic rings. The molecule has 156 valence electrons. The third-order valence-corrected chi connectivity index (χ3v) is 5.52. The number of hydrogen-bond acceptors (Lipinski definition) is 6. The van der Waals surface area contributed by atoms with Gasteiger partial charge in [0.15, 0.2) is 11.5 Å². The first-order valence-corrected chi connectivity index (χ1v) is 11.2. The number of aromatic nitrogens is 4. The maximum atomic E-state index is 11.9. The fraction of sp³-hybridized carbons (Fsp3) is 0.389. The summed E-state index contributed by atoms with van der Waals surface area (Å²) in [6.45, 7) is 6.04. The number of fused-ring (bicyclic) bond motifs is 1. The van der Waals surface area contributed by atoms with E-state index in [0.717, 1.165) is 11.9 Å². The predicted octanol–water partition coefficient (Wildman–Crippen LogP) is 2.75. The molecule has 0 saturated carbocycles. The Bertz CT molecular complexity index is 1190. The third-order valence-electron chi connectivity index (χ3n) is 4.21. The largest absolute Gasteiger partial charge is 0.507 e. The SMILES string of the molecule is CC(C)(C)c1[nH]n2nc(-c3ccc(NC(=O)CCS(C)(=O)=O)cc3O)nc2c1Cl. The number of H-pyrrole nitrogens is 1. The van der Waals surface area contributed by atoms with Crippen molar-refractivity contribution in [1.29, 1.82) is 0 Å². The molecule has 29 heavy (non-hydrogen) atoms. The highest BCUT2D eigenvalue weighted by molar-refractivity contribution is 7.90. The van der Waals surface area contributed by atoms with E-state index in [-0.39, 0.29) is 29.2 Å². The molecule has 0 aliphatic carbocycles. The maximum Gasteiger partial charge on any atom is 0.225 e. The Morgan fingerprint density at radius 1 is 1.34 bits per heavy atom. The van der Waals surface area contributed by atoms with Crippen LogP contribution < -0.4 is 5.32 Å². The minimum Gasteiger partial charge on any atom is -0.507 e. The highest BCUT2D eigenvalue weighted by atomic mass is 35.5. The fourth-order valence-corrected chi connectivity index (χ4v) is 3.71. The normalized spacial score (nSPS) is 12.4. The number of carbonyl (C=O) groups excluding carboxylic acids is 1. The predicted molar refractivity (Wildman–Crippen MR) is 111 cm³/mol. The smallest absolute Gasteiger partial charge is 0.225 e. The lowest BCUT2D eigenvalue weighted by molar-refractivity contribution is -0.115. The van der Waals surface area contributed by atoms with Crippen molar-refractivity contribution in [2.24, 2.45) is 0 Å². The van der Waals surface area contributed by atoms with Gasteiger partial charge in [-0.3, -0.25) is 9.89 Å². The van der Waals surface area contributed by atoms with Crippen molar-refractivity contribution in [3.8, 4) is 17.1 Å². The number of anilines is 1. The molecule has 0 saturated heterocycles. The number of phenolic OH excluding ortho intramolecular Hbond substituents is 1. The summed E-state index contributed by atoms with van der Waals surface area (Å²) in [4.78, 5) is 16.3. The minimum absolute atomic E-state index is 0.133. The number of aromatic hydroxyl groups is 1. The highest BCUT2D eigenvalue weighted by Gasteiger charge is 2.25. The van der Waals surface area contributed by atoms with E-state index in [4.69, 9.17) is 11.6 Å². The molecule has 9 nitrogen and oxygen atoms in total. The van der Waals surface area contributed by atoms with Crippen molar-refractivity contribution >= 4 is 38.7 Å². The monoisotopic (exact) mass is 439 g/mol. The summed E-state index contributed by atoms with van der Waals surface area (Å²) in [6.07, 6.45) is 0.903. The topological polar surface area (TPSA) is 129 Å². The zero-order chi connectivity index (χ0) is 21.6. The van der Waals surface area contributed by atoms with Crippen molar-refractivity contribution in [3.63, 3.8) is 0 Å². The van der Waals surface area contributed by atoms with E-state index in [1.807, 2.05) is 20.8 Å². The van der Waals surface area contributed by atoms with Gasteiger partial charge in [-0.15, -0.1) is 5.10 Å². The Hall–Kier alpha value is -2.59. The van der Waals surface area contributed by atoms with Crippen molar-refractivity contribution in [1.82, 2.24) is 19.8 Å². The second kappa shape index (κ2) is 7.34. The van der Waals surface area contributed by atoms with E-state index in [0.29, 0.717) is 21.9 Å². The molecular formula is C18H22ClN5O4S. The van der Waals surface area contributed by atoms with Crippen LogP contribution in [0.25, 0.3) is 17.0 Å². The van der Waals surface area contributed by atoms with Crippen LogP contribution in [-0.4, -0.2) is 51.3 Å². The van der Waals surface area contributed by atoms with Gasteiger partial charge in [0, 0.05) is 29.8 Å². The molecule has 0 aliphatic heterocycles. The molecule has 2 heterocycles. The standard InChI is InChI=1S/C18H22ClN5O4S/c1-18(2,3)15-14(19)17-21-16(23-24(17)22-15)11-6-5-10(9-12(11)25)20-13(26)7-8-29(4,27)28/h5-6,9,22,25H,7-8H2,1-4H3,(H,20,26). The lowest BCUT2D eigenvalue weighted by Crippen LogP contribution is -2.16. The lowest BCUT2D eigenvalue weighted by atomic mass is 9.92. The summed E-state index contributed by atoms with van der Waals surface area (Å²) in [6, 6.07) is 4.49. The number of aromatic amines is 1. The average molecular weight is 440 g/mol. The zero-order valence-electron chi connectivity index (χ0n) is 16.4. The summed E-state index contributed by atoms with van der Waals surface area (Å²) in [5.74, 6) is -0.569. The van der Waals surface area contributed by atoms with Crippen LogP contribution in [0.1, 0.15) is 32.9 Å². The van der Waals surface area contributed by atoms with Gasteiger partial charge < -0.3 is 10.4 Å². The van der Waals surface area contributed by atoms with Gasteiger partial charge >= 0.3 is 0 Å². The molecule has 11 heteroatoms. The van der Waals surface area contributed by atoms with Crippen molar-refractivity contribution in [2.75, 3.05) is 17.3 Å². The Labute approximate surface area is 173 Å². The van der Waals surface area contributed by atoms with E-state index < -0.39 is 15.7 Å². The summed E-state index contributed by atoms with van der Waals surface area (Å²) < 4.78 is 23.8. The second-order valence-corrected chi connectivity index (χ2v) is 10.5. The molecule has 0 radical (unpaired) electrons. The van der Waals surface area contributed by atoms with E-state index in [1.54, 1.807) is 12.1 Å². The first-order valence-electron chi connectivity index (χ1n) is 8.81. The summed E-state index contributed by atoms with van der Waals surface area (Å²) in [7, 11) is -3.23. The molecule has 3 N–H and O–H groups in total. The summed E-state index contributed by atoms with van der Waals surface area (Å²) >= 11 is 6.42. The Morgan fingerprint density at radius 3 is 2.59 bits per heavy atom. The van der Waals surface area contributed by atoms with Crippen molar-refractivity contribution in [3.05, 3.63) is 28.9 Å². The number of rotatable bonds is 5. The van der Waals surface area contributed by atoms with Gasteiger partial charge in [0.25, 0.3) is 0 Å². The molecule has 0 fully saturated rings. The molecule has 0 unspecified atom stereocenters. The molecule has 0 aliphatic rings. The van der Waals surface area contributed by atoms with Crippen molar-refractivity contribution < 1.29 is 18.3 Å². The van der Waals surface area contributed by atoms with E-state index in [1.165, 1.54) is 10.7 Å². The molecular weight excluding hydrogens is 418 g/mol. The molecule has 3 rings (SSSR count). The van der Waals surface area contributed by atoms with Crippen molar-refractivity contribution in [2.45, 2.75) is 32.6 Å². The third kappa shape index (κ3) is 4.70. The Kier molecular flexibility index (Phi) is 5.35. The van der Waals surface area contributed by atoms with Gasteiger partial charge in [0.05, 0.1) is 17.0 Å². The van der Waals surface area contributed by atoms with Crippen LogP contribution >= 0.6 is 11.6 Å². The van der Waals surface area contributed by atoms with Crippen LogP contribution in [0.3, 0.4) is 0 Å². The highest BCUT2D eigenvalue weighted by Crippen LogP contribution is 2.34. The Balaban J connectivity index is 1.82. The molecule has 2 aromatic heterocycles. The molecule has 0 bridgehead atoms. The first kappa shape index (κ1) is 21.1. The van der Waals surface area contributed by atoms with E-state index in [2.05, 4.69) is 20.5 Å².